The van der Waals surface area contributed by atoms with Crippen LogP contribution >= 0.6 is 0 Å². The van der Waals surface area contributed by atoms with Crippen LogP contribution in [0.4, 0.5) is 0 Å². The van der Waals surface area contributed by atoms with Gasteiger partial charge in [0.25, 0.3) is 10.2 Å². The standard InChI is InChI=1S/C10H21N3O2S/c1-8-4-2-3-5-13(8)16(14,15)12-10-6-9(11)7-10/h8-10,12H,2-7,11H2,1H3. The van der Waals surface area contributed by atoms with E-state index in [9.17, 15) is 8.42 Å². The minimum absolute atomic E-state index is 0.0501. The van der Waals surface area contributed by atoms with Crippen molar-refractivity contribution in [3.8, 4) is 0 Å². The summed E-state index contributed by atoms with van der Waals surface area (Å²) < 4.78 is 28.5. The van der Waals surface area contributed by atoms with Crippen molar-refractivity contribution < 1.29 is 8.42 Å². The second-order valence-electron chi connectivity index (χ2n) is 5.01. The van der Waals surface area contributed by atoms with Gasteiger partial charge in [-0.3, -0.25) is 0 Å². The van der Waals surface area contributed by atoms with Crippen LogP contribution in [-0.2, 0) is 10.2 Å². The van der Waals surface area contributed by atoms with Gasteiger partial charge in [-0.1, -0.05) is 6.42 Å². The number of nitrogens with two attached hydrogens (primary N) is 1. The van der Waals surface area contributed by atoms with Crippen molar-refractivity contribution in [2.75, 3.05) is 6.54 Å². The summed E-state index contributed by atoms with van der Waals surface area (Å²) in [6.45, 7) is 2.63. The first-order valence-electron chi connectivity index (χ1n) is 6.04. The molecule has 5 nitrogen and oxygen atoms in total. The molecular formula is C10H21N3O2S. The second kappa shape index (κ2) is 4.60. The lowest BCUT2D eigenvalue weighted by atomic mass is 9.89. The maximum Gasteiger partial charge on any atom is 0.279 e. The van der Waals surface area contributed by atoms with Gasteiger partial charge in [0.1, 0.15) is 0 Å². The summed E-state index contributed by atoms with van der Waals surface area (Å²) in [4.78, 5) is 0. The molecule has 1 atom stereocenters. The highest BCUT2D eigenvalue weighted by Crippen LogP contribution is 2.23. The average molecular weight is 247 g/mol. The van der Waals surface area contributed by atoms with Gasteiger partial charge in [-0.05, 0) is 32.6 Å². The van der Waals surface area contributed by atoms with E-state index in [0.717, 1.165) is 32.1 Å². The monoisotopic (exact) mass is 247 g/mol. The van der Waals surface area contributed by atoms with Crippen molar-refractivity contribution in [3.63, 3.8) is 0 Å². The van der Waals surface area contributed by atoms with Crippen molar-refractivity contribution in [3.05, 3.63) is 0 Å². The Morgan fingerprint density at radius 3 is 2.56 bits per heavy atom. The lowest BCUT2D eigenvalue weighted by Gasteiger charge is -2.37. The number of hydrogen-bond donors (Lipinski definition) is 2. The van der Waals surface area contributed by atoms with Crippen LogP contribution in [0.2, 0.25) is 0 Å². The van der Waals surface area contributed by atoms with Gasteiger partial charge in [0.2, 0.25) is 0 Å². The topological polar surface area (TPSA) is 75.4 Å². The third-order valence-electron chi connectivity index (χ3n) is 3.54. The molecule has 1 aliphatic carbocycles. The Morgan fingerprint density at radius 2 is 2.00 bits per heavy atom. The van der Waals surface area contributed by atoms with Crippen LogP contribution in [0.1, 0.15) is 39.0 Å². The highest BCUT2D eigenvalue weighted by molar-refractivity contribution is 7.87. The molecule has 6 heteroatoms. The van der Waals surface area contributed by atoms with E-state index in [0.29, 0.717) is 6.54 Å². The summed E-state index contributed by atoms with van der Waals surface area (Å²) in [5.41, 5.74) is 5.65. The van der Waals surface area contributed by atoms with Crippen molar-refractivity contribution in [1.82, 2.24) is 9.03 Å². The molecule has 1 unspecified atom stereocenters. The van der Waals surface area contributed by atoms with Crippen LogP contribution in [0.25, 0.3) is 0 Å². The van der Waals surface area contributed by atoms with Gasteiger partial charge in [-0.25, -0.2) is 0 Å². The Hall–Kier alpha value is -0.170. The molecule has 1 saturated carbocycles. The fourth-order valence-corrected chi connectivity index (χ4v) is 4.16. The SMILES string of the molecule is CC1CCCCN1S(=O)(=O)NC1CC(N)C1. The first kappa shape index (κ1) is 12.3. The Labute approximate surface area is 97.6 Å². The van der Waals surface area contributed by atoms with Gasteiger partial charge < -0.3 is 5.73 Å². The molecule has 2 fully saturated rings. The zero-order chi connectivity index (χ0) is 11.8. The number of nitrogens with zero attached hydrogens (tertiary/aromatic N) is 1. The summed E-state index contributed by atoms with van der Waals surface area (Å²) in [7, 11) is -3.29. The molecule has 0 aromatic carbocycles. The third-order valence-corrected chi connectivity index (χ3v) is 5.33. The van der Waals surface area contributed by atoms with Crippen LogP contribution in [0.3, 0.4) is 0 Å². The van der Waals surface area contributed by atoms with Gasteiger partial charge in [0, 0.05) is 24.7 Å². The maximum atomic E-state index is 12.1. The molecule has 0 amide bonds. The van der Waals surface area contributed by atoms with Crippen molar-refractivity contribution >= 4 is 10.2 Å². The summed E-state index contributed by atoms with van der Waals surface area (Å²) >= 11 is 0. The molecule has 3 N–H and O–H groups in total. The smallest absolute Gasteiger partial charge is 0.279 e. The second-order valence-corrected chi connectivity index (χ2v) is 6.66. The first-order valence-corrected chi connectivity index (χ1v) is 7.48. The summed E-state index contributed by atoms with van der Waals surface area (Å²) in [6, 6.07) is 0.348. The molecule has 0 aromatic rings. The van der Waals surface area contributed by atoms with E-state index in [1.807, 2.05) is 6.92 Å². The van der Waals surface area contributed by atoms with Crippen molar-refractivity contribution in [2.24, 2.45) is 5.73 Å². The molecule has 0 bridgehead atoms. The molecule has 0 spiro atoms. The van der Waals surface area contributed by atoms with Gasteiger partial charge in [-0.15, -0.1) is 0 Å². The van der Waals surface area contributed by atoms with E-state index in [1.165, 1.54) is 0 Å². The van der Waals surface area contributed by atoms with Gasteiger partial charge in [-0.2, -0.15) is 17.4 Å². The number of rotatable bonds is 3. The zero-order valence-electron chi connectivity index (χ0n) is 9.72. The van der Waals surface area contributed by atoms with Crippen molar-refractivity contribution in [1.29, 1.82) is 0 Å². The van der Waals surface area contributed by atoms with E-state index < -0.39 is 10.2 Å². The Balaban J connectivity index is 1.95. The average Bonchev–Trinajstić information content (AvgIpc) is 2.15. The normalized spacial score (nSPS) is 37.0. The third kappa shape index (κ3) is 2.56. The summed E-state index contributed by atoms with van der Waals surface area (Å²) in [5.74, 6) is 0. The highest BCUT2D eigenvalue weighted by Gasteiger charge is 2.35. The Bertz CT molecular complexity index is 338. The molecule has 0 aromatic heterocycles. The summed E-state index contributed by atoms with van der Waals surface area (Å²) in [5, 5.41) is 0. The molecule has 2 rings (SSSR count). The predicted octanol–water partition coefficient (Wildman–Crippen LogP) is 0.185. The van der Waals surface area contributed by atoms with E-state index >= 15 is 0 Å². The zero-order valence-corrected chi connectivity index (χ0v) is 10.5. The molecule has 1 heterocycles. The first-order chi connectivity index (χ1) is 7.49. The van der Waals surface area contributed by atoms with E-state index in [4.69, 9.17) is 5.73 Å². The summed E-state index contributed by atoms with van der Waals surface area (Å²) in [6.07, 6.45) is 4.59. The fraction of sp³-hybridized carbons (Fsp3) is 1.00. The van der Waals surface area contributed by atoms with Crippen molar-refractivity contribution in [2.45, 2.75) is 57.2 Å². The number of hydrogen-bond acceptors (Lipinski definition) is 3. The molecule has 2 aliphatic rings. The van der Waals surface area contributed by atoms with E-state index in [2.05, 4.69) is 4.72 Å². The lowest BCUT2D eigenvalue weighted by Crippen LogP contribution is -2.56. The number of piperidine rings is 1. The van der Waals surface area contributed by atoms with Gasteiger partial charge in [0.05, 0.1) is 0 Å². The quantitative estimate of drug-likeness (QED) is 0.747. The lowest BCUT2D eigenvalue weighted by molar-refractivity contribution is 0.254. The minimum atomic E-state index is -3.29. The Kier molecular flexibility index (Phi) is 3.53. The number of nitrogens with one attached hydrogen (secondary N) is 1. The Morgan fingerprint density at radius 1 is 1.31 bits per heavy atom. The molecule has 1 saturated heterocycles. The fourth-order valence-electron chi connectivity index (χ4n) is 2.47. The van der Waals surface area contributed by atoms with Crippen LogP contribution in [0.5, 0.6) is 0 Å². The molecule has 16 heavy (non-hydrogen) atoms. The molecule has 1 aliphatic heterocycles. The van der Waals surface area contributed by atoms with Crippen LogP contribution in [0.15, 0.2) is 0 Å². The predicted molar refractivity (Wildman–Crippen MR) is 63.1 cm³/mol. The molecular weight excluding hydrogens is 226 g/mol. The van der Waals surface area contributed by atoms with E-state index in [-0.39, 0.29) is 18.1 Å². The minimum Gasteiger partial charge on any atom is -0.328 e. The van der Waals surface area contributed by atoms with Crippen LogP contribution in [0, 0.1) is 0 Å². The van der Waals surface area contributed by atoms with Gasteiger partial charge in [0.15, 0.2) is 0 Å². The van der Waals surface area contributed by atoms with Gasteiger partial charge >= 0.3 is 0 Å². The highest BCUT2D eigenvalue weighted by atomic mass is 32.2. The maximum absolute atomic E-state index is 12.1. The van der Waals surface area contributed by atoms with Crippen LogP contribution < -0.4 is 10.5 Å². The molecule has 0 radical (unpaired) electrons. The van der Waals surface area contributed by atoms with Crippen LogP contribution in [-0.4, -0.2) is 37.4 Å². The molecule has 94 valence electrons. The largest absolute Gasteiger partial charge is 0.328 e. The van der Waals surface area contributed by atoms with E-state index in [1.54, 1.807) is 4.31 Å².